The van der Waals surface area contributed by atoms with Gasteiger partial charge in [0.2, 0.25) is 0 Å². The Morgan fingerprint density at radius 3 is 2.38 bits per heavy atom. The first-order valence-electron chi connectivity index (χ1n) is 7.62. The topological polar surface area (TPSA) is 25.2 Å². The highest BCUT2D eigenvalue weighted by Crippen LogP contribution is 2.22. The van der Waals surface area contributed by atoms with E-state index in [9.17, 15) is 4.39 Å². The molecule has 2 aromatic rings. The fourth-order valence-corrected chi connectivity index (χ4v) is 2.20. The third-order valence-corrected chi connectivity index (χ3v) is 3.59. The second kappa shape index (κ2) is 7.41. The first kappa shape index (κ1) is 15.8. The normalized spacial score (nSPS) is 12.8. The minimum atomic E-state index is -0.230. The first-order valence-corrected chi connectivity index (χ1v) is 7.62. The molecule has 0 radical (unpaired) electrons. The van der Waals surface area contributed by atoms with Crippen LogP contribution in [0.25, 0.3) is 11.3 Å². The molecule has 0 aliphatic carbocycles. The molecule has 2 nitrogen and oxygen atoms in total. The van der Waals surface area contributed by atoms with E-state index < -0.39 is 0 Å². The van der Waals surface area contributed by atoms with Crippen LogP contribution in [-0.2, 0) is 6.54 Å². The molecule has 1 aromatic heterocycles. The fourth-order valence-electron chi connectivity index (χ4n) is 2.20. The number of hydrogen-bond acceptors (Lipinski definition) is 2. The molecule has 1 aromatic carbocycles. The van der Waals surface area contributed by atoms with Crippen molar-refractivity contribution >= 4 is 0 Å². The minimum Gasteiger partial charge on any atom is -0.460 e. The Morgan fingerprint density at radius 2 is 1.71 bits per heavy atom. The van der Waals surface area contributed by atoms with Gasteiger partial charge in [-0.25, -0.2) is 4.39 Å². The van der Waals surface area contributed by atoms with Crippen LogP contribution < -0.4 is 5.32 Å². The zero-order valence-corrected chi connectivity index (χ0v) is 13.0. The molecule has 1 heterocycles. The maximum absolute atomic E-state index is 12.9. The highest BCUT2D eigenvalue weighted by Gasteiger charge is 2.07. The summed E-state index contributed by atoms with van der Waals surface area (Å²) in [6.45, 7) is 7.41. The largest absolute Gasteiger partial charge is 0.460 e. The zero-order valence-electron chi connectivity index (χ0n) is 13.0. The molecular weight excluding hydrogens is 265 g/mol. The Hall–Kier alpha value is -1.61. The summed E-state index contributed by atoms with van der Waals surface area (Å²) in [7, 11) is 0. The number of rotatable bonds is 7. The van der Waals surface area contributed by atoms with Gasteiger partial charge in [0.1, 0.15) is 17.3 Å². The summed E-state index contributed by atoms with van der Waals surface area (Å²) in [6.07, 6.45) is 2.40. The van der Waals surface area contributed by atoms with Crippen LogP contribution in [0.15, 0.2) is 40.8 Å². The smallest absolute Gasteiger partial charge is 0.134 e. The van der Waals surface area contributed by atoms with Crippen molar-refractivity contribution in [2.45, 2.75) is 46.2 Å². The van der Waals surface area contributed by atoms with E-state index in [4.69, 9.17) is 4.42 Å². The van der Waals surface area contributed by atoms with E-state index in [1.807, 2.05) is 12.1 Å². The van der Waals surface area contributed by atoms with E-state index in [1.165, 1.54) is 25.0 Å². The fraction of sp³-hybridized carbons (Fsp3) is 0.444. The van der Waals surface area contributed by atoms with Crippen LogP contribution in [0.5, 0.6) is 0 Å². The van der Waals surface area contributed by atoms with Crippen LogP contribution in [0.3, 0.4) is 0 Å². The van der Waals surface area contributed by atoms with Crippen LogP contribution in [0.1, 0.15) is 39.4 Å². The molecule has 0 aliphatic rings. The van der Waals surface area contributed by atoms with Gasteiger partial charge >= 0.3 is 0 Å². The van der Waals surface area contributed by atoms with Crippen molar-refractivity contribution in [1.29, 1.82) is 0 Å². The number of benzene rings is 1. The molecule has 0 bridgehead atoms. The van der Waals surface area contributed by atoms with Gasteiger partial charge in [-0.05, 0) is 62.1 Å². The van der Waals surface area contributed by atoms with Crippen LogP contribution in [-0.4, -0.2) is 6.04 Å². The van der Waals surface area contributed by atoms with E-state index in [0.29, 0.717) is 6.04 Å². The number of furan rings is 1. The standard InChI is InChI=1S/C18H24FNO/c1-13(2)4-5-14(3)20-12-17-10-11-18(21-17)15-6-8-16(19)9-7-15/h6-11,13-14,20H,4-5,12H2,1-3H3. The molecule has 3 heteroatoms. The van der Waals surface area contributed by atoms with E-state index >= 15 is 0 Å². The summed E-state index contributed by atoms with van der Waals surface area (Å²) >= 11 is 0. The first-order chi connectivity index (χ1) is 10.0. The molecule has 1 atom stereocenters. The van der Waals surface area contributed by atoms with E-state index in [-0.39, 0.29) is 5.82 Å². The van der Waals surface area contributed by atoms with E-state index in [0.717, 1.165) is 29.5 Å². The highest BCUT2D eigenvalue weighted by atomic mass is 19.1. The molecule has 0 saturated heterocycles. The van der Waals surface area contributed by atoms with Crippen molar-refractivity contribution in [2.24, 2.45) is 5.92 Å². The van der Waals surface area contributed by atoms with Crippen molar-refractivity contribution in [2.75, 3.05) is 0 Å². The SMILES string of the molecule is CC(C)CCC(C)NCc1ccc(-c2ccc(F)cc2)o1. The van der Waals surface area contributed by atoms with Gasteiger partial charge in [0.15, 0.2) is 0 Å². The van der Waals surface area contributed by atoms with Crippen LogP contribution >= 0.6 is 0 Å². The second-order valence-electron chi connectivity index (χ2n) is 6.03. The third kappa shape index (κ3) is 5.01. The molecule has 0 saturated carbocycles. The molecular formula is C18H24FNO. The van der Waals surface area contributed by atoms with Crippen molar-refractivity contribution in [1.82, 2.24) is 5.32 Å². The third-order valence-electron chi connectivity index (χ3n) is 3.59. The molecule has 0 amide bonds. The van der Waals surface area contributed by atoms with Crippen molar-refractivity contribution in [3.8, 4) is 11.3 Å². The summed E-state index contributed by atoms with van der Waals surface area (Å²) in [6, 6.07) is 10.7. The second-order valence-corrected chi connectivity index (χ2v) is 6.03. The predicted octanol–water partition coefficient (Wildman–Crippen LogP) is 5.00. The molecule has 0 fully saturated rings. The molecule has 1 unspecified atom stereocenters. The van der Waals surface area contributed by atoms with Crippen molar-refractivity contribution in [3.05, 3.63) is 48.0 Å². The molecule has 2 rings (SSSR count). The summed E-state index contributed by atoms with van der Waals surface area (Å²) in [4.78, 5) is 0. The maximum atomic E-state index is 12.9. The van der Waals surface area contributed by atoms with Gasteiger partial charge in [0.05, 0.1) is 6.54 Å². The molecule has 0 aliphatic heterocycles. The number of halogens is 1. The van der Waals surface area contributed by atoms with Gasteiger partial charge in [0.25, 0.3) is 0 Å². The monoisotopic (exact) mass is 289 g/mol. The average molecular weight is 289 g/mol. The lowest BCUT2D eigenvalue weighted by molar-refractivity contribution is 0.421. The molecule has 21 heavy (non-hydrogen) atoms. The minimum absolute atomic E-state index is 0.230. The van der Waals surface area contributed by atoms with Gasteiger partial charge in [-0.3, -0.25) is 0 Å². The highest BCUT2D eigenvalue weighted by molar-refractivity contribution is 5.57. The summed E-state index contributed by atoms with van der Waals surface area (Å²) in [5.41, 5.74) is 0.899. The number of nitrogens with one attached hydrogen (secondary N) is 1. The van der Waals surface area contributed by atoms with Gasteiger partial charge in [-0.2, -0.15) is 0 Å². The van der Waals surface area contributed by atoms with Gasteiger partial charge in [0, 0.05) is 11.6 Å². The summed E-state index contributed by atoms with van der Waals surface area (Å²) in [5.74, 6) is 2.20. The Morgan fingerprint density at radius 1 is 1.00 bits per heavy atom. The maximum Gasteiger partial charge on any atom is 0.134 e. The Balaban J connectivity index is 1.87. The molecule has 114 valence electrons. The Kier molecular flexibility index (Phi) is 5.57. The van der Waals surface area contributed by atoms with Crippen LogP contribution in [0, 0.1) is 11.7 Å². The van der Waals surface area contributed by atoms with E-state index in [1.54, 1.807) is 12.1 Å². The lowest BCUT2D eigenvalue weighted by Crippen LogP contribution is -2.25. The lowest BCUT2D eigenvalue weighted by Gasteiger charge is -2.13. The van der Waals surface area contributed by atoms with Crippen molar-refractivity contribution in [3.63, 3.8) is 0 Å². The Labute approximate surface area is 126 Å². The van der Waals surface area contributed by atoms with Gasteiger partial charge in [-0.1, -0.05) is 13.8 Å². The van der Waals surface area contributed by atoms with Crippen molar-refractivity contribution < 1.29 is 8.81 Å². The quantitative estimate of drug-likeness (QED) is 0.776. The molecule has 0 spiro atoms. The van der Waals surface area contributed by atoms with Gasteiger partial charge in [-0.15, -0.1) is 0 Å². The lowest BCUT2D eigenvalue weighted by atomic mass is 10.0. The number of hydrogen-bond donors (Lipinski definition) is 1. The Bertz CT molecular complexity index is 545. The average Bonchev–Trinajstić information content (AvgIpc) is 2.92. The van der Waals surface area contributed by atoms with Crippen LogP contribution in [0.2, 0.25) is 0 Å². The zero-order chi connectivity index (χ0) is 15.2. The summed E-state index contributed by atoms with van der Waals surface area (Å²) < 4.78 is 18.7. The predicted molar refractivity (Wildman–Crippen MR) is 84.5 cm³/mol. The van der Waals surface area contributed by atoms with E-state index in [2.05, 4.69) is 26.1 Å². The summed E-state index contributed by atoms with van der Waals surface area (Å²) in [5, 5.41) is 3.47. The molecule has 1 N–H and O–H groups in total. The van der Waals surface area contributed by atoms with Crippen LogP contribution in [0.4, 0.5) is 4.39 Å². The van der Waals surface area contributed by atoms with Gasteiger partial charge < -0.3 is 9.73 Å².